The van der Waals surface area contributed by atoms with Gasteiger partial charge in [0.1, 0.15) is 16.5 Å². The van der Waals surface area contributed by atoms with Gasteiger partial charge in [-0.2, -0.15) is 0 Å². The summed E-state index contributed by atoms with van der Waals surface area (Å²) in [5.41, 5.74) is 0.277. The van der Waals surface area contributed by atoms with Crippen LogP contribution in [0.25, 0.3) is 0 Å². The predicted molar refractivity (Wildman–Crippen MR) is 111 cm³/mol. The molecule has 0 aliphatic heterocycles. The molecule has 0 unspecified atom stereocenters. The van der Waals surface area contributed by atoms with Crippen molar-refractivity contribution in [2.24, 2.45) is 0 Å². The number of sulfonamides is 1. The second-order valence-electron chi connectivity index (χ2n) is 6.18. The first-order chi connectivity index (χ1) is 14.2. The fourth-order valence-electron chi connectivity index (χ4n) is 2.81. The van der Waals surface area contributed by atoms with Gasteiger partial charge in [0.2, 0.25) is 0 Å². The molecule has 156 valence electrons. The third-order valence-corrected chi connectivity index (χ3v) is 6.53. The molecule has 30 heavy (non-hydrogen) atoms. The van der Waals surface area contributed by atoms with Gasteiger partial charge in [0.25, 0.3) is 15.7 Å². The summed E-state index contributed by atoms with van der Waals surface area (Å²) in [5.74, 6) is -0.197. The monoisotopic (exact) mass is 450 g/mol. The van der Waals surface area contributed by atoms with Crippen LogP contribution in [0, 0.1) is 15.9 Å². The molecular formula is C20H16ClFN2O5S. The lowest BCUT2D eigenvalue weighted by molar-refractivity contribution is -0.385. The smallest absolute Gasteiger partial charge is 0.270 e. The third-order valence-electron chi connectivity index (χ3n) is 4.29. The number of anilines is 1. The molecule has 0 saturated heterocycles. The summed E-state index contributed by atoms with van der Waals surface area (Å²) >= 11 is 6.11. The molecule has 3 rings (SSSR count). The number of methoxy groups -OCH3 is 1. The van der Waals surface area contributed by atoms with Crippen LogP contribution in [-0.4, -0.2) is 20.5 Å². The van der Waals surface area contributed by atoms with Gasteiger partial charge in [0.15, 0.2) is 0 Å². The molecular weight excluding hydrogens is 435 g/mol. The molecule has 0 amide bonds. The SMILES string of the molecule is COc1ccccc1N(Cc1ccc(F)cc1)S(=O)(=O)c1cc([N+](=O)[O-])ccc1Cl. The van der Waals surface area contributed by atoms with Gasteiger partial charge in [-0.1, -0.05) is 35.9 Å². The van der Waals surface area contributed by atoms with Crippen molar-refractivity contribution in [2.75, 3.05) is 11.4 Å². The zero-order valence-corrected chi connectivity index (χ0v) is 17.2. The Hall–Kier alpha value is -3.17. The van der Waals surface area contributed by atoms with Gasteiger partial charge in [-0.15, -0.1) is 0 Å². The van der Waals surface area contributed by atoms with Gasteiger partial charge in [-0.25, -0.2) is 12.8 Å². The van der Waals surface area contributed by atoms with E-state index in [1.807, 2.05) is 0 Å². The Balaban J connectivity index is 2.19. The van der Waals surface area contributed by atoms with E-state index < -0.39 is 31.3 Å². The second kappa shape index (κ2) is 8.68. The predicted octanol–water partition coefficient (Wildman–Crippen LogP) is 4.79. The number of nitro groups is 1. The summed E-state index contributed by atoms with van der Waals surface area (Å²) < 4.78 is 46.7. The highest BCUT2D eigenvalue weighted by molar-refractivity contribution is 7.93. The zero-order chi connectivity index (χ0) is 21.9. The maximum absolute atomic E-state index is 13.6. The zero-order valence-electron chi connectivity index (χ0n) is 15.7. The van der Waals surface area contributed by atoms with Crippen molar-refractivity contribution < 1.29 is 22.5 Å². The van der Waals surface area contributed by atoms with Crippen LogP contribution >= 0.6 is 11.6 Å². The molecule has 0 aromatic heterocycles. The van der Waals surface area contributed by atoms with Gasteiger partial charge in [0, 0.05) is 12.1 Å². The lowest BCUT2D eigenvalue weighted by Gasteiger charge is -2.26. The topological polar surface area (TPSA) is 89.8 Å². The van der Waals surface area contributed by atoms with E-state index in [1.54, 1.807) is 18.2 Å². The Morgan fingerprint density at radius 3 is 2.40 bits per heavy atom. The number of hydrogen-bond acceptors (Lipinski definition) is 5. The van der Waals surface area contributed by atoms with Crippen molar-refractivity contribution in [1.82, 2.24) is 0 Å². The maximum atomic E-state index is 13.6. The van der Waals surface area contributed by atoms with E-state index in [2.05, 4.69) is 0 Å². The van der Waals surface area contributed by atoms with Crippen molar-refractivity contribution in [3.63, 3.8) is 0 Å². The van der Waals surface area contributed by atoms with Crippen LogP contribution in [0.4, 0.5) is 15.8 Å². The second-order valence-corrected chi connectivity index (χ2v) is 8.42. The summed E-state index contributed by atoms with van der Waals surface area (Å²) in [5, 5.41) is 11.0. The minimum absolute atomic E-state index is 0.167. The van der Waals surface area contributed by atoms with E-state index in [9.17, 15) is 22.9 Å². The number of nitro benzene ring substituents is 1. The Labute approximate surface area is 177 Å². The van der Waals surface area contributed by atoms with Crippen molar-refractivity contribution in [3.05, 3.63) is 93.2 Å². The number of ether oxygens (including phenoxy) is 1. The molecule has 0 aliphatic rings. The van der Waals surface area contributed by atoms with Gasteiger partial charge in [0.05, 0.1) is 29.3 Å². The van der Waals surface area contributed by atoms with Crippen LogP contribution in [0.15, 0.2) is 71.6 Å². The highest BCUT2D eigenvalue weighted by Crippen LogP contribution is 2.36. The molecule has 0 aliphatic carbocycles. The summed E-state index contributed by atoms with van der Waals surface area (Å²) in [4.78, 5) is 10.0. The first-order valence-corrected chi connectivity index (χ1v) is 10.4. The van der Waals surface area contributed by atoms with Gasteiger partial charge in [-0.3, -0.25) is 14.4 Å². The maximum Gasteiger partial charge on any atom is 0.270 e. The number of halogens is 2. The van der Waals surface area contributed by atoms with Crippen molar-refractivity contribution in [3.8, 4) is 5.75 Å². The molecule has 3 aromatic carbocycles. The highest BCUT2D eigenvalue weighted by atomic mass is 35.5. The normalized spacial score (nSPS) is 11.2. The first kappa shape index (κ1) is 21.5. The standard InChI is InChI=1S/C20H16ClFN2O5S/c1-29-19-5-3-2-4-18(19)23(13-14-6-8-15(22)9-7-14)30(27,28)20-12-16(24(25)26)10-11-17(20)21/h2-12H,13H2,1H3. The number of benzene rings is 3. The fraction of sp³-hybridized carbons (Fsp3) is 0.100. The molecule has 7 nitrogen and oxygen atoms in total. The van der Waals surface area contributed by atoms with Crippen LogP contribution < -0.4 is 9.04 Å². The summed E-state index contributed by atoms with van der Waals surface area (Å²) in [6, 6.07) is 14.9. The minimum atomic E-state index is -4.36. The van der Waals surface area contributed by atoms with E-state index in [-0.39, 0.29) is 23.0 Å². The van der Waals surface area contributed by atoms with Crippen LogP contribution in [0.5, 0.6) is 5.75 Å². The fourth-order valence-corrected chi connectivity index (χ4v) is 4.77. The van der Waals surface area contributed by atoms with E-state index >= 15 is 0 Å². The average Bonchev–Trinajstić information content (AvgIpc) is 2.73. The van der Waals surface area contributed by atoms with Crippen LogP contribution in [0.1, 0.15) is 5.56 Å². The van der Waals surface area contributed by atoms with Gasteiger partial charge >= 0.3 is 0 Å². The van der Waals surface area contributed by atoms with Crippen molar-refractivity contribution in [1.29, 1.82) is 0 Å². The Kier molecular flexibility index (Phi) is 6.23. The molecule has 0 heterocycles. The lowest BCUT2D eigenvalue weighted by Crippen LogP contribution is -2.31. The Bertz CT molecular complexity index is 1190. The highest BCUT2D eigenvalue weighted by Gasteiger charge is 2.31. The van der Waals surface area contributed by atoms with E-state index in [0.717, 1.165) is 22.5 Å². The number of rotatable bonds is 7. The molecule has 0 bridgehead atoms. The summed E-state index contributed by atoms with van der Waals surface area (Å²) in [6.07, 6.45) is 0. The average molecular weight is 451 g/mol. The molecule has 0 fully saturated rings. The van der Waals surface area contributed by atoms with Gasteiger partial charge < -0.3 is 4.74 Å². The van der Waals surface area contributed by atoms with E-state index in [4.69, 9.17) is 16.3 Å². The van der Waals surface area contributed by atoms with Crippen LogP contribution in [-0.2, 0) is 16.6 Å². The number of para-hydroxylation sites is 2. The summed E-state index contributed by atoms with van der Waals surface area (Å²) in [6.45, 7) is -0.179. The molecule has 10 heteroatoms. The lowest BCUT2D eigenvalue weighted by atomic mass is 10.2. The van der Waals surface area contributed by atoms with Crippen LogP contribution in [0.2, 0.25) is 5.02 Å². The molecule has 3 aromatic rings. The quantitative estimate of drug-likeness (QED) is 0.381. The Morgan fingerprint density at radius 2 is 1.77 bits per heavy atom. The van der Waals surface area contributed by atoms with Crippen molar-refractivity contribution in [2.45, 2.75) is 11.4 Å². The largest absolute Gasteiger partial charge is 0.495 e. The third kappa shape index (κ3) is 4.37. The molecule has 0 N–H and O–H groups in total. The van der Waals surface area contributed by atoms with E-state index in [0.29, 0.717) is 5.56 Å². The van der Waals surface area contributed by atoms with Crippen molar-refractivity contribution >= 4 is 33.0 Å². The molecule has 0 atom stereocenters. The molecule has 0 radical (unpaired) electrons. The number of nitrogens with zero attached hydrogens (tertiary/aromatic N) is 2. The van der Waals surface area contributed by atoms with Crippen LogP contribution in [0.3, 0.4) is 0 Å². The summed E-state index contributed by atoms with van der Waals surface area (Å²) in [7, 11) is -2.97. The van der Waals surface area contributed by atoms with E-state index in [1.165, 1.54) is 37.4 Å². The minimum Gasteiger partial charge on any atom is -0.495 e. The molecule has 0 saturated carbocycles. The Morgan fingerprint density at radius 1 is 1.10 bits per heavy atom. The van der Waals surface area contributed by atoms with Gasteiger partial charge in [-0.05, 0) is 35.9 Å². The number of hydrogen-bond donors (Lipinski definition) is 0. The number of non-ortho nitro benzene ring substituents is 1. The molecule has 0 spiro atoms. The first-order valence-electron chi connectivity index (χ1n) is 8.58.